The van der Waals surface area contributed by atoms with Crippen molar-refractivity contribution in [2.45, 2.75) is 22.7 Å². The number of nitrogens with one attached hydrogen (secondary N) is 1. The molecule has 1 unspecified atom stereocenters. The van der Waals surface area contributed by atoms with E-state index in [0.29, 0.717) is 18.0 Å². The third-order valence-electron chi connectivity index (χ3n) is 4.46. The maximum absolute atomic E-state index is 12.5. The van der Waals surface area contributed by atoms with E-state index in [2.05, 4.69) is 5.32 Å². The number of hydrogen-bond donors (Lipinski definition) is 1. The van der Waals surface area contributed by atoms with Crippen molar-refractivity contribution in [2.24, 2.45) is 0 Å². The third-order valence-corrected chi connectivity index (χ3v) is 5.20. The first-order valence-corrected chi connectivity index (χ1v) is 9.04. The molecular formula is C19H20F3NO2S. The van der Waals surface area contributed by atoms with E-state index in [1.807, 2.05) is 12.1 Å². The summed E-state index contributed by atoms with van der Waals surface area (Å²) >= 11 is -0.0953. The first kappa shape index (κ1) is 18.9. The van der Waals surface area contributed by atoms with Gasteiger partial charge in [0.1, 0.15) is 0 Å². The Morgan fingerprint density at radius 1 is 1.04 bits per heavy atom. The second-order valence-corrected chi connectivity index (χ2v) is 7.17. The van der Waals surface area contributed by atoms with Crippen molar-refractivity contribution in [3.8, 4) is 11.5 Å². The van der Waals surface area contributed by atoms with Crippen molar-refractivity contribution in [3.63, 3.8) is 0 Å². The Morgan fingerprint density at radius 2 is 1.69 bits per heavy atom. The van der Waals surface area contributed by atoms with E-state index in [4.69, 9.17) is 9.47 Å². The average molecular weight is 383 g/mol. The molecule has 0 spiro atoms. The SMILES string of the molecule is COc1cc2c(cc1OC)C(c1ccc(SC(F)(F)F)cc1)CNCC2. The molecule has 0 bridgehead atoms. The number of hydrogen-bond acceptors (Lipinski definition) is 4. The Balaban J connectivity index is 1.96. The molecule has 1 aliphatic rings. The Labute approximate surface area is 154 Å². The molecule has 0 amide bonds. The van der Waals surface area contributed by atoms with Crippen LogP contribution in [0.1, 0.15) is 22.6 Å². The number of halogens is 3. The standard InChI is InChI=1S/C19H20F3NO2S/c1-24-17-9-13-7-8-23-11-16(15(13)10-18(17)25-2)12-3-5-14(6-4-12)26-19(20,21)22/h3-6,9-10,16,23H,7-8,11H2,1-2H3. The molecule has 140 valence electrons. The smallest absolute Gasteiger partial charge is 0.446 e. The van der Waals surface area contributed by atoms with Crippen molar-refractivity contribution in [3.05, 3.63) is 53.1 Å². The van der Waals surface area contributed by atoms with Crippen LogP contribution in [-0.4, -0.2) is 32.8 Å². The van der Waals surface area contributed by atoms with Gasteiger partial charge in [0.25, 0.3) is 0 Å². The van der Waals surface area contributed by atoms with Crippen molar-refractivity contribution < 1.29 is 22.6 Å². The van der Waals surface area contributed by atoms with E-state index < -0.39 is 5.51 Å². The molecule has 0 saturated heterocycles. The summed E-state index contributed by atoms with van der Waals surface area (Å²) in [7, 11) is 3.20. The summed E-state index contributed by atoms with van der Waals surface area (Å²) in [5.74, 6) is 1.38. The van der Waals surface area contributed by atoms with Gasteiger partial charge >= 0.3 is 5.51 Å². The lowest BCUT2D eigenvalue weighted by atomic mass is 9.88. The van der Waals surface area contributed by atoms with Crippen LogP contribution in [0.4, 0.5) is 13.2 Å². The molecule has 0 aromatic heterocycles. The fourth-order valence-corrected chi connectivity index (χ4v) is 3.80. The van der Waals surface area contributed by atoms with Crippen molar-refractivity contribution in [1.29, 1.82) is 0 Å². The van der Waals surface area contributed by atoms with Gasteiger partial charge in [0, 0.05) is 17.4 Å². The molecule has 3 rings (SSSR count). The lowest BCUT2D eigenvalue weighted by molar-refractivity contribution is -0.0328. The molecule has 7 heteroatoms. The van der Waals surface area contributed by atoms with E-state index >= 15 is 0 Å². The van der Waals surface area contributed by atoms with E-state index in [1.165, 1.54) is 12.1 Å². The molecular weight excluding hydrogens is 363 g/mol. The molecule has 0 radical (unpaired) electrons. The minimum Gasteiger partial charge on any atom is -0.493 e. The summed E-state index contributed by atoms with van der Waals surface area (Å²) in [5.41, 5.74) is -1.03. The van der Waals surface area contributed by atoms with Crippen LogP contribution in [-0.2, 0) is 6.42 Å². The van der Waals surface area contributed by atoms with Gasteiger partial charge in [0.15, 0.2) is 11.5 Å². The Bertz CT molecular complexity index is 763. The monoisotopic (exact) mass is 383 g/mol. The molecule has 1 N–H and O–H groups in total. The topological polar surface area (TPSA) is 30.5 Å². The zero-order valence-electron chi connectivity index (χ0n) is 14.5. The van der Waals surface area contributed by atoms with Gasteiger partial charge in [-0.15, -0.1) is 0 Å². The van der Waals surface area contributed by atoms with E-state index in [0.717, 1.165) is 29.7 Å². The Kier molecular flexibility index (Phi) is 5.67. The van der Waals surface area contributed by atoms with E-state index in [1.54, 1.807) is 26.4 Å². The van der Waals surface area contributed by atoms with Gasteiger partial charge < -0.3 is 14.8 Å². The zero-order chi connectivity index (χ0) is 18.7. The molecule has 0 aliphatic carbocycles. The van der Waals surface area contributed by atoms with Crippen LogP contribution in [0.2, 0.25) is 0 Å². The van der Waals surface area contributed by atoms with Crippen LogP contribution in [0.25, 0.3) is 0 Å². The summed E-state index contributed by atoms with van der Waals surface area (Å²) in [6, 6.07) is 10.6. The molecule has 2 aromatic carbocycles. The Morgan fingerprint density at radius 3 is 2.31 bits per heavy atom. The molecule has 0 fully saturated rings. The normalized spacial score (nSPS) is 17.3. The van der Waals surface area contributed by atoms with Gasteiger partial charge in [-0.25, -0.2) is 0 Å². The van der Waals surface area contributed by atoms with Crippen LogP contribution in [0.15, 0.2) is 41.3 Å². The largest absolute Gasteiger partial charge is 0.493 e. The number of ether oxygens (including phenoxy) is 2. The van der Waals surface area contributed by atoms with Gasteiger partial charge in [0.2, 0.25) is 0 Å². The summed E-state index contributed by atoms with van der Waals surface area (Å²) in [5, 5.41) is 3.40. The van der Waals surface area contributed by atoms with Crippen molar-refractivity contribution in [2.75, 3.05) is 27.3 Å². The predicted octanol–water partition coefficient (Wildman–Crippen LogP) is 4.59. The second-order valence-electron chi connectivity index (χ2n) is 6.03. The fraction of sp³-hybridized carbons (Fsp3) is 0.368. The van der Waals surface area contributed by atoms with Crippen LogP contribution < -0.4 is 14.8 Å². The number of fused-ring (bicyclic) bond motifs is 1. The molecule has 3 nitrogen and oxygen atoms in total. The molecule has 1 atom stereocenters. The molecule has 0 saturated carbocycles. The number of benzene rings is 2. The van der Waals surface area contributed by atoms with Crippen LogP contribution in [0.5, 0.6) is 11.5 Å². The highest BCUT2D eigenvalue weighted by molar-refractivity contribution is 8.00. The first-order chi connectivity index (χ1) is 12.4. The maximum Gasteiger partial charge on any atom is 0.446 e. The summed E-state index contributed by atoms with van der Waals surface area (Å²) in [6.07, 6.45) is 0.855. The fourth-order valence-electron chi connectivity index (χ4n) is 3.26. The van der Waals surface area contributed by atoms with Gasteiger partial charge in [-0.05, 0) is 65.7 Å². The van der Waals surface area contributed by atoms with Crippen molar-refractivity contribution >= 4 is 11.8 Å². The number of thioether (sulfide) groups is 1. The average Bonchev–Trinajstić information content (AvgIpc) is 2.81. The van der Waals surface area contributed by atoms with Crippen LogP contribution in [0, 0.1) is 0 Å². The minimum absolute atomic E-state index is 0.0391. The predicted molar refractivity (Wildman–Crippen MR) is 96.3 cm³/mol. The molecule has 1 heterocycles. The van der Waals surface area contributed by atoms with Gasteiger partial charge in [-0.1, -0.05) is 12.1 Å². The highest BCUT2D eigenvalue weighted by atomic mass is 32.2. The quantitative estimate of drug-likeness (QED) is 0.782. The third kappa shape index (κ3) is 4.27. The van der Waals surface area contributed by atoms with Crippen molar-refractivity contribution in [1.82, 2.24) is 5.32 Å². The van der Waals surface area contributed by atoms with Gasteiger partial charge in [-0.3, -0.25) is 0 Å². The number of rotatable bonds is 4. The van der Waals surface area contributed by atoms with Gasteiger partial charge in [0.05, 0.1) is 14.2 Å². The van der Waals surface area contributed by atoms with Crippen LogP contribution >= 0.6 is 11.8 Å². The number of alkyl halides is 3. The summed E-state index contributed by atoms with van der Waals surface area (Å²) in [4.78, 5) is 0.190. The first-order valence-electron chi connectivity index (χ1n) is 8.22. The zero-order valence-corrected chi connectivity index (χ0v) is 15.3. The molecule has 26 heavy (non-hydrogen) atoms. The lowest BCUT2D eigenvalue weighted by Crippen LogP contribution is -2.20. The summed E-state index contributed by atoms with van der Waals surface area (Å²) < 4.78 is 48.4. The van der Waals surface area contributed by atoms with Crippen LogP contribution in [0.3, 0.4) is 0 Å². The second kappa shape index (κ2) is 7.80. The highest BCUT2D eigenvalue weighted by Crippen LogP contribution is 2.40. The van der Waals surface area contributed by atoms with E-state index in [9.17, 15) is 13.2 Å². The number of methoxy groups -OCH3 is 2. The summed E-state index contributed by atoms with van der Waals surface area (Å²) in [6.45, 7) is 1.55. The maximum atomic E-state index is 12.5. The lowest BCUT2D eigenvalue weighted by Gasteiger charge is -2.20. The molecule has 1 aliphatic heterocycles. The van der Waals surface area contributed by atoms with E-state index in [-0.39, 0.29) is 22.6 Å². The van der Waals surface area contributed by atoms with Gasteiger partial charge in [-0.2, -0.15) is 13.2 Å². The highest BCUT2D eigenvalue weighted by Gasteiger charge is 2.29. The molecule has 2 aromatic rings. The Hall–Kier alpha value is -1.86. The minimum atomic E-state index is -4.28.